The van der Waals surface area contributed by atoms with Crippen molar-refractivity contribution < 1.29 is 9.90 Å². The number of anilines is 1. The number of carboxylic acid groups (broad SMARTS) is 1. The van der Waals surface area contributed by atoms with E-state index in [4.69, 9.17) is 17.3 Å². The number of halogens is 1. The molecular formula is C18H13ClN4O2. The molecule has 4 rings (SSSR count). The number of aromatic nitrogens is 3. The third kappa shape index (κ3) is 2.66. The van der Waals surface area contributed by atoms with Gasteiger partial charge in [-0.25, -0.2) is 4.79 Å². The Hall–Kier alpha value is -3.12. The van der Waals surface area contributed by atoms with Crippen LogP contribution in [0.4, 0.5) is 5.69 Å². The Balaban J connectivity index is 1.83. The Labute approximate surface area is 147 Å². The van der Waals surface area contributed by atoms with Gasteiger partial charge in [-0.3, -0.25) is 9.67 Å². The summed E-state index contributed by atoms with van der Waals surface area (Å²) >= 11 is 6.01. The van der Waals surface area contributed by atoms with E-state index in [2.05, 4.69) is 10.1 Å². The lowest BCUT2D eigenvalue weighted by atomic mass is 10.1. The summed E-state index contributed by atoms with van der Waals surface area (Å²) in [7, 11) is 0. The van der Waals surface area contributed by atoms with Gasteiger partial charge < -0.3 is 10.8 Å². The molecule has 0 bridgehead atoms. The first kappa shape index (κ1) is 15.4. The zero-order chi connectivity index (χ0) is 17.6. The summed E-state index contributed by atoms with van der Waals surface area (Å²) in [5.41, 5.74) is 8.79. The van der Waals surface area contributed by atoms with Crippen molar-refractivity contribution in [2.24, 2.45) is 0 Å². The van der Waals surface area contributed by atoms with E-state index in [1.54, 1.807) is 23.0 Å². The molecule has 124 valence electrons. The Morgan fingerprint density at radius 1 is 1.24 bits per heavy atom. The number of pyridine rings is 1. The van der Waals surface area contributed by atoms with Gasteiger partial charge in [0.15, 0.2) is 5.69 Å². The second-order valence-electron chi connectivity index (χ2n) is 5.73. The molecule has 7 heteroatoms. The van der Waals surface area contributed by atoms with E-state index in [1.807, 2.05) is 30.3 Å². The Morgan fingerprint density at radius 3 is 2.88 bits per heavy atom. The molecule has 0 aliphatic carbocycles. The smallest absolute Gasteiger partial charge is 0.357 e. The zero-order valence-corrected chi connectivity index (χ0v) is 13.7. The number of nitrogen functional groups attached to an aromatic ring is 1. The molecule has 2 aromatic carbocycles. The van der Waals surface area contributed by atoms with Crippen LogP contribution in [0.2, 0.25) is 5.02 Å². The highest BCUT2D eigenvalue weighted by Gasteiger charge is 2.18. The average Bonchev–Trinajstić information content (AvgIpc) is 2.95. The van der Waals surface area contributed by atoms with Crippen LogP contribution in [-0.2, 0) is 6.54 Å². The molecule has 0 aliphatic heterocycles. The monoisotopic (exact) mass is 352 g/mol. The number of nitrogens with zero attached hydrogens (tertiary/aromatic N) is 3. The third-order valence-corrected chi connectivity index (χ3v) is 4.26. The van der Waals surface area contributed by atoms with Crippen LogP contribution in [0.25, 0.3) is 21.8 Å². The summed E-state index contributed by atoms with van der Waals surface area (Å²) in [6, 6.07) is 12.9. The summed E-state index contributed by atoms with van der Waals surface area (Å²) in [4.78, 5) is 15.8. The molecule has 0 fully saturated rings. The number of fused-ring (bicyclic) bond motifs is 2. The number of hydrogen-bond acceptors (Lipinski definition) is 4. The fourth-order valence-electron chi connectivity index (χ4n) is 2.95. The minimum Gasteiger partial charge on any atom is -0.476 e. The molecule has 0 saturated carbocycles. The molecule has 0 amide bonds. The van der Waals surface area contributed by atoms with E-state index >= 15 is 0 Å². The fourth-order valence-corrected chi connectivity index (χ4v) is 3.12. The highest BCUT2D eigenvalue weighted by atomic mass is 35.5. The molecule has 2 aromatic heterocycles. The van der Waals surface area contributed by atoms with E-state index in [1.165, 1.54) is 0 Å². The van der Waals surface area contributed by atoms with Crippen LogP contribution >= 0.6 is 11.6 Å². The van der Waals surface area contributed by atoms with E-state index in [9.17, 15) is 9.90 Å². The lowest BCUT2D eigenvalue weighted by molar-refractivity contribution is 0.0691. The number of nitrogens with two attached hydrogens (primary N) is 1. The predicted octanol–water partition coefficient (Wildman–Crippen LogP) is 3.57. The van der Waals surface area contributed by atoms with Crippen LogP contribution in [0.5, 0.6) is 0 Å². The van der Waals surface area contributed by atoms with E-state index < -0.39 is 5.97 Å². The normalized spacial score (nSPS) is 11.2. The van der Waals surface area contributed by atoms with Crippen molar-refractivity contribution in [1.29, 1.82) is 0 Å². The molecule has 2 heterocycles. The van der Waals surface area contributed by atoms with E-state index in [-0.39, 0.29) is 5.69 Å². The summed E-state index contributed by atoms with van der Waals surface area (Å²) < 4.78 is 1.65. The van der Waals surface area contributed by atoms with Crippen molar-refractivity contribution in [3.63, 3.8) is 0 Å². The third-order valence-electron chi connectivity index (χ3n) is 4.06. The van der Waals surface area contributed by atoms with Gasteiger partial charge in [-0.05, 0) is 35.9 Å². The first-order chi connectivity index (χ1) is 12.0. The Morgan fingerprint density at radius 2 is 2.08 bits per heavy atom. The Kier molecular flexibility index (Phi) is 3.54. The van der Waals surface area contributed by atoms with Crippen molar-refractivity contribution in [3.05, 3.63) is 64.9 Å². The lowest BCUT2D eigenvalue weighted by Gasteiger charge is -2.06. The molecule has 0 saturated heterocycles. The van der Waals surface area contributed by atoms with Crippen LogP contribution in [0, 0.1) is 0 Å². The largest absolute Gasteiger partial charge is 0.476 e. The maximum Gasteiger partial charge on any atom is 0.357 e. The maximum atomic E-state index is 11.5. The van der Waals surface area contributed by atoms with Gasteiger partial charge in [-0.2, -0.15) is 5.10 Å². The van der Waals surface area contributed by atoms with Crippen molar-refractivity contribution in [3.8, 4) is 0 Å². The second kappa shape index (κ2) is 5.75. The van der Waals surface area contributed by atoms with Crippen LogP contribution < -0.4 is 5.73 Å². The van der Waals surface area contributed by atoms with E-state index in [0.717, 1.165) is 16.5 Å². The first-order valence-corrected chi connectivity index (χ1v) is 7.93. The van der Waals surface area contributed by atoms with Gasteiger partial charge in [-0.1, -0.05) is 23.7 Å². The number of rotatable bonds is 3. The lowest BCUT2D eigenvalue weighted by Crippen LogP contribution is -2.04. The molecule has 0 spiro atoms. The van der Waals surface area contributed by atoms with Gasteiger partial charge >= 0.3 is 5.97 Å². The number of benzene rings is 2. The van der Waals surface area contributed by atoms with E-state index in [0.29, 0.717) is 28.2 Å². The minimum absolute atomic E-state index is 0.0430. The van der Waals surface area contributed by atoms with Gasteiger partial charge in [0, 0.05) is 17.3 Å². The van der Waals surface area contributed by atoms with Crippen LogP contribution in [0.3, 0.4) is 0 Å². The highest BCUT2D eigenvalue weighted by Crippen LogP contribution is 2.26. The summed E-state index contributed by atoms with van der Waals surface area (Å²) in [6.45, 7) is 0.412. The number of aromatic carboxylic acids is 1. The molecule has 0 atom stereocenters. The number of carbonyl (C=O) groups is 1. The van der Waals surface area contributed by atoms with Gasteiger partial charge in [-0.15, -0.1) is 0 Å². The molecule has 4 aromatic rings. The van der Waals surface area contributed by atoms with Crippen LogP contribution in [0.1, 0.15) is 16.1 Å². The molecular weight excluding hydrogens is 340 g/mol. The Bertz CT molecular complexity index is 1140. The predicted molar refractivity (Wildman–Crippen MR) is 97.0 cm³/mol. The second-order valence-corrected chi connectivity index (χ2v) is 6.17. The van der Waals surface area contributed by atoms with Gasteiger partial charge in [0.2, 0.25) is 0 Å². The summed E-state index contributed by atoms with van der Waals surface area (Å²) in [6.07, 6.45) is 1.60. The topological polar surface area (TPSA) is 94.0 Å². The zero-order valence-electron chi connectivity index (χ0n) is 13.0. The van der Waals surface area contributed by atoms with Gasteiger partial charge in [0.1, 0.15) is 0 Å². The SMILES string of the molecule is Nc1cccc2c1c(C(=O)O)nn2Cc1ccc2ncc(Cl)cc2c1. The highest BCUT2D eigenvalue weighted by molar-refractivity contribution is 6.31. The van der Waals surface area contributed by atoms with Crippen molar-refractivity contribution in [2.75, 3.05) is 5.73 Å². The number of carboxylic acids is 1. The molecule has 3 N–H and O–H groups in total. The molecule has 6 nitrogen and oxygen atoms in total. The van der Waals surface area contributed by atoms with Gasteiger partial charge in [0.25, 0.3) is 0 Å². The van der Waals surface area contributed by atoms with Crippen LogP contribution in [0.15, 0.2) is 48.7 Å². The molecule has 25 heavy (non-hydrogen) atoms. The van der Waals surface area contributed by atoms with Crippen LogP contribution in [-0.4, -0.2) is 25.8 Å². The van der Waals surface area contributed by atoms with Crippen molar-refractivity contribution >= 4 is 45.1 Å². The minimum atomic E-state index is -1.10. The average molecular weight is 353 g/mol. The van der Waals surface area contributed by atoms with Crippen molar-refractivity contribution in [2.45, 2.75) is 6.54 Å². The molecule has 0 unspecified atom stereocenters. The molecule has 0 aliphatic rings. The molecule has 0 radical (unpaired) electrons. The summed E-state index contributed by atoms with van der Waals surface area (Å²) in [5, 5.41) is 15.6. The van der Waals surface area contributed by atoms with Crippen molar-refractivity contribution in [1.82, 2.24) is 14.8 Å². The first-order valence-electron chi connectivity index (χ1n) is 7.55. The fraction of sp³-hybridized carbons (Fsp3) is 0.0556. The maximum absolute atomic E-state index is 11.5. The quantitative estimate of drug-likeness (QED) is 0.550. The number of hydrogen-bond donors (Lipinski definition) is 2. The van der Waals surface area contributed by atoms with Gasteiger partial charge in [0.05, 0.1) is 28.0 Å². The summed E-state index contributed by atoms with van der Waals surface area (Å²) in [5.74, 6) is -1.10. The standard InChI is InChI=1S/C18H13ClN4O2/c19-12-7-11-6-10(4-5-14(11)21-8-12)9-23-15-3-1-2-13(20)16(15)17(22-23)18(24)25/h1-8H,9,20H2,(H,24,25).